The number of halogens is 1. The highest BCUT2D eigenvalue weighted by atomic mass is 79.9. The second-order valence-electron chi connectivity index (χ2n) is 6.14. The predicted octanol–water partition coefficient (Wildman–Crippen LogP) is 2.46. The van der Waals surface area contributed by atoms with E-state index in [-0.39, 0.29) is 6.54 Å². The fraction of sp³-hybridized carbons (Fsp3) is 0.615. The van der Waals surface area contributed by atoms with E-state index < -0.39 is 23.2 Å². The Kier molecular flexibility index (Phi) is 4.67. The molecule has 0 aliphatic carbocycles. The fourth-order valence-electron chi connectivity index (χ4n) is 2.19. The summed E-state index contributed by atoms with van der Waals surface area (Å²) in [6, 6.07) is 0. The van der Waals surface area contributed by atoms with E-state index in [2.05, 4.69) is 26.2 Å². The highest BCUT2D eigenvalue weighted by molar-refractivity contribution is 9.10. The maximum absolute atomic E-state index is 11.9. The second kappa shape index (κ2) is 6.04. The average molecular weight is 392 g/mol. The van der Waals surface area contributed by atoms with Gasteiger partial charge < -0.3 is 20.1 Å². The van der Waals surface area contributed by atoms with E-state index in [1.807, 2.05) is 10.3 Å². The van der Waals surface area contributed by atoms with Gasteiger partial charge in [-0.2, -0.15) is 0 Å². The van der Waals surface area contributed by atoms with Gasteiger partial charge in [0, 0.05) is 18.3 Å². The quantitative estimate of drug-likeness (QED) is 0.821. The van der Waals surface area contributed by atoms with Crippen LogP contribution >= 0.6 is 27.3 Å². The summed E-state index contributed by atoms with van der Waals surface area (Å²) >= 11 is 4.70. The predicted molar refractivity (Wildman–Crippen MR) is 86.4 cm³/mol. The third kappa shape index (κ3) is 3.89. The number of carbonyl (C=O) groups is 2. The first-order valence-corrected chi connectivity index (χ1v) is 8.39. The third-order valence-electron chi connectivity index (χ3n) is 3.15. The molecule has 1 aliphatic rings. The lowest BCUT2D eigenvalue weighted by Gasteiger charge is -2.28. The molecule has 1 aromatic heterocycles. The van der Waals surface area contributed by atoms with Gasteiger partial charge in [0.25, 0.3) is 0 Å². The van der Waals surface area contributed by atoms with Crippen LogP contribution in [0.2, 0.25) is 0 Å². The average Bonchev–Trinajstić information content (AvgIpc) is 2.94. The number of amides is 1. The number of anilines is 1. The number of alkyl carbamates (subject to hydrolysis) is 1. The van der Waals surface area contributed by atoms with Gasteiger partial charge >= 0.3 is 12.1 Å². The topological polar surface area (TPSA) is 91.8 Å². The molecule has 0 saturated carbocycles. The lowest BCUT2D eigenvalue weighted by molar-refractivity contribution is -0.143. The van der Waals surface area contributed by atoms with E-state index in [4.69, 9.17) is 4.74 Å². The first kappa shape index (κ1) is 17.0. The number of aliphatic carboxylic acids is 1. The van der Waals surface area contributed by atoms with Gasteiger partial charge in [-0.05, 0) is 36.7 Å². The van der Waals surface area contributed by atoms with Crippen LogP contribution in [-0.4, -0.2) is 46.4 Å². The molecule has 1 amide bonds. The summed E-state index contributed by atoms with van der Waals surface area (Å²) in [5.41, 5.74) is -2.04. The van der Waals surface area contributed by atoms with Crippen molar-refractivity contribution in [1.29, 1.82) is 0 Å². The Labute approximate surface area is 140 Å². The minimum atomic E-state index is -1.36. The van der Waals surface area contributed by atoms with Gasteiger partial charge in [0.15, 0.2) is 10.7 Å². The van der Waals surface area contributed by atoms with Crippen molar-refractivity contribution in [2.75, 3.05) is 18.0 Å². The van der Waals surface area contributed by atoms with Gasteiger partial charge in [0.2, 0.25) is 0 Å². The maximum Gasteiger partial charge on any atom is 0.408 e. The molecule has 0 radical (unpaired) electrons. The number of hydrogen-bond acceptors (Lipinski definition) is 6. The largest absolute Gasteiger partial charge is 0.479 e. The Balaban J connectivity index is 2.11. The normalized spacial score (nSPS) is 21.7. The van der Waals surface area contributed by atoms with Crippen LogP contribution in [0.1, 0.15) is 27.2 Å². The Morgan fingerprint density at radius 1 is 1.55 bits per heavy atom. The number of hydrogen-bond donors (Lipinski definition) is 2. The smallest absolute Gasteiger partial charge is 0.408 e. The van der Waals surface area contributed by atoms with Crippen molar-refractivity contribution in [3.63, 3.8) is 0 Å². The molecule has 1 fully saturated rings. The van der Waals surface area contributed by atoms with Crippen LogP contribution in [-0.2, 0) is 9.53 Å². The van der Waals surface area contributed by atoms with Crippen LogP contribution in [0.5, 0.6) is 0 Å². The Morgan fingerprint density at radius 2 is 2.23 bits per heavy atom. The zero-order chi connectivity index (χ0) is 16.5. The molecule has 122 valence electrons. The summed E-state index contributed by atoms with van der Waals surface area (Å²) in [4.78, 5) is 29.7. The first-order chi connectivity index (χ1) is 10.1. The van der Waals surface area contributed by atoms with E-state index in [1.165, 1.54) is 11.3 Å². The first-order valence-electron chi connectivity index (χ1n) is 6.72. The number of carboxylic acid groups (broad SMARTS) is 1. The van der Waals surface area contributed by atoms with E-state index in [0.29, 0.717) is 17.6 Å². The van der Waals surface area contributed by atoms with Crippen molar-refractivity contribution in [2.45, 2.75) is 38.3 Å². The van der Waals surface area contributed by atoms with Gasteiger partial charge in [-0.15, -0.1) is 11.3 Å². The van der Waals surface area contributed by atoms with E-state index in [9.17, 15) is 14.7 Å². The van der Waals surface area contributed by atoms with Gasteiger partial charge in [-0.3, -0.25) is 0 Å². The highest BCUT2D eigenvalue weighted by Gasteiger charge is 2.47. The van der Waals surface area contributed by atoms with E-state index >= 15 is 0 Å². The highest BCUT2D eigenvalue weighted by Crippen LogP contribution is 2.31. The molecule has 1 aromatic rings. The number of nitrogens with one attached hydrogen (secondary N) is 1. The number of nitrogens with zero attached hydrogens (tertiary/aromatic N) is 2. The molecule has 0 spiro atoms. The van der Waals surface area contributed by atoms with Crippen molar-refractivity contribution in [3.8, 4) is 0 Å². The molecule has 2 rings (SSSR count). The second-order valence-corrected chi connectivity index (χ2v) is 7.79. The van der Waals surface area contributed by atoms with Crippen LogP contribution in [0.25, 0.3) is 0 Å². The molecule has 1 aliphatic heterocycles. The summed E-state index contributed by atoms with van der Waals surface area (Å²) in [5, 5.41) is 14.6. The summed E-state index contributed by atoms with van der Waals surface area (Å²) in [6.07, 6.45) is -0.434. The van der Waals surface area contributed by atoms with Gasteiger partial charge in [0.05, 0.1) is 6.54 Å². The Hall–Kier alpha value is -1.35. The summed E-state index contributed by atoms with van der Waals surface area (Å²) in [6.45, 7) is 5.85. The lowest BCUT2D eigenvalue weighted by atomic mass is 9.99. The van der Waals surface area contributed by atoms with Crippen molar-refractivity contribution in [3.05, 3.63) is 9.98 Å². The molecule has 1 saturated heterocycles. The zero-order valence-corrected chi connectivity index (χ0v) is 15.0. The molecule has 9 heteroatoms. The Morgan fingerprint density at radius 3 is 2.73 bits per heavy atom. The van der Waals surface area contributed by atoms with Gasteiger partial charge in [0.1, 0.15) is 10.2 Å². The van der Waals surface area contributed by atoms with Crippen molar-refractivity contribution in [1.82, 2.24) is 10.3 Å². The zero-order valence-electron chi connectivity index (χ0n) is 12.6. The number of aromatic nitrogens is 1. The molecular weight excluding hydrogens is 374 g/mol. The maximum atomic E-state index is 11.9. The Bertz CT molecular complexity index is 586. The SMILES string of the molecule is CC(C)(C)OC(=O)NC1(C(=O)O)CCN(c2nc(Br)cs2)C1. The molecule has 0 aromatic carbocycles. The van der Waals surface area contributed by atoms with Crippen molar-refractivity contribution in [2.24, 2.45) is 0 Å². The third-order valence-corrected chi connectivity index (χ3v) is 4.76. The number of thiazole rings is 1. The molecule has 0 bridgehead atoms. The van der Waals surface area contributed by atoms with Crippen LogP contribution in [0, 0.1) is 0 Å². The molecule has 1 atom stereocenters. The number of carboxylic acids is 1. The van der Waals surface area contributed by atoms with Crippen molar-refractivity contribution < 1.29 is 19.4 Å². The summed E-state index contributed by atoms with van der Waals surface area (Å²) in [5.74, 6) is -1.07. The van der Waals surface area contributed by atoms with Crippen LogP contribution in [0.15, 0.2) is 9.98 Å². The van der Waals surface area contributed by atoms with E-state index in [1.54, 1.807) is 20.8 Å². The number of ether oxygens (including phenoxy) is 1. The minimum Gasteiger partial charge on any atom is -0.479 e. The molecule has 2 N–H and O–H groups in total. The summed E-state index contributed by atoms with van der Waals surface area (Å²) < 4.78 is 5.88. The van der Waals surface area contributed by atoms with Crippen LogP contribution in [0.3, 0.4) is 0 Å². The standard InChI is InChI=1S/C13H18BrN3O4S/c1-12(2,3)21-11(20)16-13(9(18)19)4-5-17(7-13)10-15-8(14)6-22-10/h6H,4-5,7H2,1-3H3,(H,16,20)(H,18,19). The van der Waals surface area contributed by atoms with Crippen molar-refractivity contribution >= 4 is 44.5 Å². The summed E-state index contributed by atoms with van der Waals surface area (Å²) in [7, 11) is 0. The molecule has 22 heavy (non-hydrogen) atoms. The molecular formula is C13H18BrN3O4S. The number of rotatable bonds is 3. The molecule has 2 heterocycles. The fourth-order valence-corrected chi connectivity index (χ4v) is 3.47. The van der Waals surface area contributed by atoms with Crippen LogP contribution < -0.4 is 10.2 Å². The lowest BCUT2D eigenvalue weighted by Crippen LogP contribution is -2.57. The van der Waals surface area contributed by atoms with E-state index in [0.717, 1.165) is 5.13 Å². The van der Waals surface area contributed by atoms with Gasteiger partial charge in [-0.1, -0.05) is 0 Å². The number of carbonyl (C=O) groups excluding carboxylic acids is 1. The monoisotopic (exact) mass is 391 g/mol. The molecule has 1 unspecified atom stereocenters. The van der Waals surface area contributed by atoms with Crippen LogP contribution in [0.4, 0.5) is 9.93 Å². The van der Waals surface area contributed by atoms with Gasteiger partial charge in [-0.25, -0.2) is 14.6 Å². The molecule has 7 nitrogen and oxygen atoms in total. The minimum absolute atomic E-state index is 0.154.